The van der Waals surface area contributed by atoms with E-state index in [9.17, 15) is 19.5 Å². The Morgan fingerprint density at radius 1 is 1.40 bits per heavy atom. The monoisotopic (exact) mass is 295 g/mol. The molecule has 6 nitrogen and oxygen atoms in total. The summed E-state index contributed by atoms with van der Waals surface area (Å²) in [6, 6.07) is 3.84. The van der Waals surface area contributed by atoms with Gasteiger partial charge in [0, 0.05) is 25.1 Å². The van der Waals surface area contributed by atoms with Gasteiger partial charge in [-0.25, -0.2) is 4.79 Å². The summed E-state index contributed by atoms with van der Waals surface area (Å²) in [6.45, 7) is 1.72. The van der Waals surface area contributed by atoms with E-state index in [0.717, 1.165) is 17.8 Å². The van der Waals surface area contributed by atoms with Gasteiger partial charge in [0.2, 0.25) is 5.91 Å². The highest BCUT2D eigenvalue weighted by atomic mass is 32.2. The van der Waals surface area contributed by atoms with Gasteiger partial charge < -0.3 is 15.1 Å². The number of phenolic OH excluding ortho intramolecular Hbond substituents is 1. The van der Waals surface area contributed by atoms with Gasteiger partial charge in [-0.2, -0.15) is 0 Å². The molecule has 1 atom stereocenters. The highest BCUT2D eigenvalue weighted by molar-refractivity contribution is 8.14. The van der Waals surface area contributed by atoms with Gasteiger partial charge in [0.15, 0.2) is 5.12 Å². The number of benzene rings is 1. The van der Waals surface area contributed by atoms with E-state index in [1.54, 1.807) is 0 Å². The molecule has 1 amide bonds. The number of thioether (sulfide) groups is 1. The molecule has 7 heteroatoms. The molecular weight excluding hydrogens is 282 g/mol. The Labute approximate surface area is 119 Å². The van der Waals surface area contributed by atoms with Crippen molar-refractivity contribution in [2.24, 2.45) is 0 Å². The molecule has 1 aromatic rings. The van der Waals surface area contributed by atoms with Gasteiger partial charge in [0.25, 0.3) is 0 Å². The van der Waals surface area contributed by atoms with Crippen molar-refractivity contribution in [3.63, 3.8) is 0 Å². The number of carbonyl (C=O) groups excluding carboxylic acids is 2. The van der Waals surface area contributed by atoms with Gasteiger partial charge in [-0.1, -0.05) is 11.8 Å². The Morgan fingerprint density at radius 2 is 2.10 bits per heavy atom. The number of hydrogen-bond acceptors (Lipinski definition) is 5. The lowest BCUT2D eigenvalue weighted by Gasteiger charge is -2.18. The molecule has 20 heavy (non-hydrogen) atoms. The van der Waals surface area contributed by atoms with Crippen LogP contribution in [0.2, 0.25) is 0 Å². The summed E-state index contributed by atoms with van der Waals surface area (Å²) in [7, 11) is 0. The second kappa shape index (κ2) is 5.54. The van der Waals surface area contributed by atoms with Crippen molar-refractivity contribution in [1.29, 1.82) is 0 Å². The van der Waals surface area contributed by atoms with Gasteiger partial charge >= 0.3 is 5.97 Å². The largest absolute Gasteiger partial charge is 0.508 e. The van der Waals surface area contributed by atoms with Crippen LogP contribution < -0.4 is 4.90 Å². The summed E-state index contributed by atoms with van der Waals surface area (Å²) in [5, 5.41) is 18.2. The van der Waals surface area contributed by atoms with Crippen molar-refractivity contribution < 1.29 is 24.6 Å². The zero-order chi connectivity index (χ0) is 14.9. The topological polar surface area (TPSA) is 94.9 Å². The number of rotatable bonds is 3. The summed E-state index contributed by atoms with van der Waals surface area (Å²) >= 11 is 1.08. The Balaban J connectivity index is 2.30. The number of phenols is 1. The fourth-order valence-electron chi connectivity index (χ4n) is 2.15. The van der Waals surface area contributed by atoms with E-state index in [1.807, 2.05) is 0 Å². The number of carboxylic acids is 1. The SMILES string of the molecule is CC(=O)SC1CC(=O)N(c2ccc(O)cc2C(=O)O)C1. The fraction of sp³-hybridized carbons (Fsp3) is 0.308. The van der Waals surface area contributed by atoms with Crippen LogP contribution in [0.1, 0.15) is 23.7 Å². The first-order valence-corrected chi connectivity index (χ1v) is 6.80. The predicted octanol–water partition coefficient (Wildman–Crippen LogP) is 1.48. The summed E-state index contributed by atoms with van der Waals surface area (Å²) < 4.78 is 0. The van der Waals surface area contributed by atoms with Crippen LogP contribution in [-0.4, -0.2) is 39.0 Å². The molecule has 2 N–H and O–H groups in total. The number of carbonyl (C=O) groups is 3. The van der Waals surface area contributed by atoms with Gasteiger partial charge in [-0.15, -0.1) is 0 Å². The first-order valence-electron chi connectivity index (χ1n) is 5.92. The lowest BCUT2D eigenvalue weighted by atomic mass is 10.1. The second-order valence-corrected chi connectivity index (χ2v) is 5.92. The molecule has 0 radical (unpaired) electrons. The Bertz CT molecular complexity index is 586. The van der Waals surface area contributed by atoms with Gasteiger partial charge in [-0.05, 0) is 18.2 Å². The molecule has 1 aromatic carbocycles. The van der Waals surface area contributed by atoms with E-state index in [2.05, 4.69) is 0 Å². The molecule has 1 unspecified atom stereocenters. The second-order valence-electron chi connectivity index (χ2n) is 4.45. The van der Waals surface area contributed by atoms with E-state index in [4.69, 9.17) is 5.11 Å². The number of hydrogen-bond donors (Lipinski definition) is 2. The average Bonchev–Trinajstić information content (AvgIpc) is 2.69. The first-order chi connectivity index (χ1) is 9.38. The van der Waals surface area contributed by atoms with E-state index >= 15 is 0 Å². The molecule has 0 spiro atoms. The number of carboxylic acid groups (broad SMARTS) is 1. The lowest BCUT2D eigenvalue weighted by molar-refractivity contribution is -0.117. The third-order valence-electron chi connectivity index (χ3n) is 2.92. The molecule has 0 saturated carbocycles. The van der Waals surface area contributed by atoms with Gasteiger partial charge in [0.1, 0.15) is 5.75 Å². The van der Waals surface area contributed by atoms with Crippen molar-refractivity contribution >= 4 is 34.4 Å². The molecule has 1 heterocycles. The van der Waals surface area contributed by atoms with Crippen LogP contribution in [0, 0.1) is 0 Å². The fourth-order valence-corrected chi connectivity index (χ4v) is 3.07. The van der Waals surface area contributed by atoms with Crippen molar-refractivity contribution in [3.8, 4) is 5.75 Å². The Kier molecular flexibility index (Phi) is 3.99. The lowest BCUT2D eigenvalue weighted by Crippen LogP contribution is -2.26. The predicted molar refractivity (Wildman–Crippen MR) is 74.1 cm³/mol. The van der Waals surface area contributed by atoms with E-state index in [0.29, 0.717) is 0 Å². The molecule has 1 aliphatic rings. The maximum atomic E-state index is 12.0. The van der Waals surface area contributed by atoms with Crippen LogP contribution >= 0.6 is 11.8 Å². The highest BCUT2D eigenvalue weighted by Crippen LogP contribution is 2.32. The average molecular weight is 295 g/mol. The summed E-state index contributed by atoms with van der Waals surface area (Å²) in [6.07, 6.45) is 0.199. The minimum Gasteiger partial charge on any atom is -0.508 e. The quantitative estimate of drug-likeness (QED) is 0.877. The zero-order valence-corrected chi connectivity index (χ0v) is 11.5. The molecule has 0 aliphatic carbocycles. The molecule has 1 saturated heterocycles. The molecule has 1 aliphatic heterocycles. The third kappa shape index (κ3) is 2.93. The van der Waals surface area contributed by atoms with Crippen LogP contribution in [0.5, 0.6) is 5.75 Å². The number of aromatic hydroxyl groups is 1. The summed E-state index contributed by atoms with van der Waals surface area (Å²) in [5.41, 5.74) is 0.110. The Morgan fingerprint density at radius 3 is 2.70 bits per heavy atom. The van der Waals surface area contributed by atoms with E-state index < -0.39 is 5.97 Å². The number of amides is 1. The summed E-state index contributed by atoms with van der Waals surface area (Å²) in [5.74, 6) is -1.62. The molecule has 2 rings (SSSR count). The number of nitrogens with zero attached hydrogens (tertiary/aromatic N) is 1. The first kappa shape index (κ1) is 14.4. The van der Waals surface area contributed by atoms with E-state index in [-0.39, 0.29) is 46.2 Å². The third-order valence-corrected chi connectivity index (χ3v) is 3.90. The van der Waals surface area contributed by atoms with Gasteiger partial charge in [0.05, 0.1) is 11.3 Å². The maximum absolute atomic E-state index is 12.0. The standard InChI is InChI=1S/C13H13NO5S/c1-7(15)20-9-5-12(17)14(6-9)11-3-2-8(16)4-10(11)13(18)19/h2-4,9,16H,5-6H2,1H3,(H,18,19). The smallest absolute Gasteiger partial charge is 0.337 e. The zero-order valence-electron chi connectivity index (χ0n) is 10.7. The van der Waals surface area contributed by atoms with Crippen LogP contribution in [0.4, 0.5) is 5.69 Å². The molecule has 0 bridgehead atoms. The highest BCUT2D eigenvalue weighted by Gasteiger charge is 2.33. The van der Waals surface area contributed by atoms with Gasteiger partial charge in [-0.3, -0.25) is 9.59 Å². The molecule has 0 aromatic heterocycles. The maximum Gasteiger partial charge on any atom is 0.337 e. The minimum absolute atomic E-state index is 0.0752. The molecule has 106 valence electrons. The number of aromatic carboxylic acids is 1. The van der Waals surface area contributed by atoms with Crippen molar-refractivity contribution in [1.82, 2.24) is 0 Å². The normalized spacial score (nSPS) is 18.4. The van der Waals surface area contributed by atoms with Crippen molar-refractivity contribution in [3.05, 3.63) is 23.8 Å². The molecule has 1 fully saturated rings. The summed E-state index contributed by atoms with van der Waals surface area (Å²) in [4.78, 5) is 35.6. The van der Waals surface area contributed by atoms with E-state index in [1.165, 1.54) is 24.0 Å². The molecular formula is C13H13NO5S. The van der Waals surface area contributed by atoms with Crippen LogP contribution in [-0.2, 0) is 9.59 Å². The number of anilines is 1. The van der Waals surface area contributed by atoms with Crippen molar-refractivity contribution in [2.45, 2.75) is 18.6 Å². The minimum atomic E-state index is -1.22. The Hall–Kier alpha value is -2.02. The van der Waals surface area contributed by atoms with Crippen LogP contribution in [0.3, 0.4) is 0 Å². The van der Waals surface area contributed by atoms with Crippen LogP contribution in [0.25, 0.3) is 0 Å². The van der Waals surface area contributed by atoms with Crippen molar-refractivity contribution in [2.75, 3.05) is 11.4 Å². The van der Waals surface area contributed by atoms with Crippen LogP contribution in [0.15, 0.2) is 18.2 Å².